The third kappa shape index (κ3) is 1.19. The molecule has 1 aliphatic heterocycles. The number of ether oxygens (including phenoxy) is 2. The highest BCUT2D eigenvalue weighted by Crippen LogP contribution is 2.61. The van der Waals surface area contributed by atoms with Crippen molar-refractivity contribution in [3.05, 3.63) is 0 Å². The van der Waals surface area contributed by atoms with Gasteiger partial charge in [-0.25, -0.2) is 0 Å². The van der Waals surface area contributed by atoms with Crippen LogP contribution in [-0.2, 0) is 14.3 Å². The third-order valence-electron chi connectivity index (χ3n) is 4.56. The lowest BCUT2D eigenvalue weighted by atomic mass is 9.48. The van der Waals surface area contributed by atoms with Crippen LogP contribution in [0.25, 0.3) is 0 Å². The highest BCUT2D eigenvalue weighted by atomic mass is 16.5. The summed E-state index contributed by atoms with van der Waals surface area (Å²) in [6.45, 7) is 5.82. The van der Waals surface area contributed by atoms with Gasteiger partial charge >= 0.3 is 5.97 Å². The summed E-state index contributed by atoms with van der Waals surface area (Å²) >= 11 is 0. The molecule has 0 bridgehead atoms. The van der Waals surface area contributed by atoms with Crippen molar-refractivity contribution in [3.8, 4) is 0 Å². The first-order valence-electron chi connectivity index (χ1n) is 5.75. The minimum Gasteiger partial charge on any atom is -0.469 e. The van der Waals surface area contributed by atoms with E-state index in [0.717, 1.165) is 32.5 Å². The molecule has 15 heavy (non-hydrogen) atoms. The van der Waals surface area contributed by atoms with Gasteiger partial charge < -0.3 is 9.47 Å². The molecule has 86 valence electrons. The summed E-state index contributed by atoms with van der Waals surface area (Å²) in [5.41, 5.74) is -0.202. The Kier molecular flexibility index (Phi) is 2.53. The molecule has 0 amide bonds. The van der Waals surface area contributed by atoms with E-state index in [1.165, 1.54) is 7.11 Å². The second kappa shape index (κ2) is 3.48. The molecule has 2 aliphatic rings. The minimum atomic E-state index is -0.242. The molecule has 3 nitrogen and oxygen atoms in total. The molecule has 1 heterocycles. The highest BCUT2D eigenvalue weighted by molar-refractivity contribution is 5.79. The van der Waals surface area contributed by atoms with Crippen LogP contribution >= 0.6 is 0 Å². The Labute approximate surface area is 91.1 Å². The van der Waals surface area contributed by atoms with E-state index < -0.39 is 0 Å². The molecule has 1 saturated heterocycles. The van der Waals surface area contributed by atoms with Gasteiger partial charge in [-0.1, -0.05) is 20.3 Å². The number of carbonyl (C=O) groups excluding carboxylic acids is 1. The molecule has 0 aromatic rings. The monoisotopic (exact) mass is 212 g/mol. The SMILES string of the molecule is COC(=O)C1(C2(C(C)C)COC2)CCC1. The van der Waals surface area contributed by atoms with Crippen LogP contribution in [0.15, 0.2) is 0 Å². The Balaban J connectivity index is 2.28. The fourth-order valence-electron chi connectivity index (χ4n) is 3.12. The maximum absolute atomic E-state index is 12.0. The lowest BCUT2D eigenvalue weighted by Gasteiger charge is -2.60. The topological polar surface area (TPSA) is 35.5 Å². The molecular formula is C12H20O3. The van der Waals surface area contributed by atoms with Crippen molar-refractivity contribution >= 4 is 5.97 Å². The fourth-order valence-corrected chi connectivity index (χ4v) is 3.12. The maximum Gasteiger partial charge on any atom is 0.312 e. The summed E-state index contributed by atoms with van der Waals surface area (Å²) in [6, 6.07) is 0. The molecule has 2 rings (SSSR count). The van der Waals surface area contributed by atoms with Crippen molar-refractivity contribution in [2.75, 3.05) is 20.3 Å². The van der Waals surface area contributed by atoms with Crippen LogP contribution in [0.3, 0.4) is 0 Å². The Hall–Kier alpha value is -0.570. The summed E-state index contributed by atoms with van der Waals surface area (Å²) in [5.74, 6) is 0.455. The van der Waals surface area contributed by atoms with Gasteiger partial charge in [0.05, 0.1) is 25.7 Å². The van der Waals surface area contributed by atoms with Crippen LogP contribution in [0.4, 0.5) is 0 Å². The maximum atomic E-state index is 12.0. The molecule has 1 aliphatic carbocycles. The number of hydrogen-bond acceptors (Lipinski definition) is 3. The van der Waals surface area contributed by atoms with E-state index in [9.17, 15) is 4.79 Å². The van der Waals surface area contributed by atoms with Gasteiger partial charge in [-0.05, 0) is 18.8 Å². The van der Waals surface area contributed by atoms with E-state index in [1.54, 1.807) is 0 Å². The predicted octanol–water partition coefficient (Wildman–Crippen LogP) is 2.00. The second-order valence-electron chi connectivity index (χ2n) is 5.23. The summed E-state index contributed by atoms with van der Waals surface area (Å²) in [6.07, 6.45) is 3.09. The molecule has 0 unspecified atom stereocenters. The summed E-state index contributed by atoms with van der Waals surface area (Å²) < 4.78 is 10.4. The van der Waals surface area contributed by atoms with Crippen molar-refractivity contribution < 1.29 is 14.3 Å². The van der Waals surface area contributed by atoms with E-state index in [4.69, 9.17) is 9.47 Å². The van der Waals surface area contributed by atoms with Gasteiger partial charge in [-0.3, -0.25) is 4.79 Å². The van der Waals surface area contributed by atoms with E-state index in [2.05, 4.69) is 13.8 Å². The van der Waals surface area contributed by atoms with E-state index in [-0.39, 0.29) is 16.8 Å². The smallest absolute Gasteiger partial charge is 0.312 e. The first-order chi connectivity index (χ1) is 7.09. The number of rotatable bonds is 3. The molecule has 2 fully saturated rings. The number of esters is 1. The highest BCUT2D eigenvalue weighted by Gasteiger charge is 2.64. The third-order valence-corrected chi connectivity index (χ3v) is 4.56. The van der Waals surface area contributed by atoms with Crippen LogP contribution in [0.5, 0.6) is 0 Å². The quantitative estimate of drug-likeness (QED) is 0.671. The lowest BCUT2D eigenvalue weighted by molar-refractivity contribution is -0.241. The largest absolute Gasteiger partial charge is 0.469 e. The Morgan fingerprint density at radius 3 is 2.13 bits per heavy atom. The first kappa shape index (κ1) is 10.9. The van der Waals surface area contributed by atoms with Crippen molar-refractivity contribution in [3.63, 3.8) is 0 Å². The first-order valence-corrected chi connectivity index (χ1v) is 5.75. The van der Waals surface area contributed by atoms with Gasteiger partial charge in [0, 0.05) is 5.41 Å². The van der Waals surface area contributed by atoms with E-state index >= 15 is 0 Å². The summed E-state index contributed by atoms with van der Waals surface area (Å²) in [5, 5.41) is 0. The summed E-state index contributed by atoms with van der Waals surface area (Å²) in [4.78, 5) is 12.0. The van der Waals surface area contributed by atoms with Crippen molar-refractivity contribution in [1.82, 2.24) is 0 Å². The standard InChI is InChI=1S/C12H20O3/c1-9(2)12(7-15-8-12)11(5-4-6-11)10(13)14-3/h9H,4-8H2,1-3H3. The van der Waals surface area contributed by atoms with Crippen molar-refractivity contribution in [2.24, 2.45) is 16.7 Å². The number of carbonyl (C=O) groups is 1. The summed E-state index contributed by atoms with van der Waals surface area (Å²) in [7, 11) is 1.50. The fraction of sp³-hybridized carbons (Fsp3) is 0.917. The average molecular weight is 212 g/mol. The Morgan fingerprint density at radius 1 is 1.33 bits per heavy atom. The zero-order valence-corrected chi connectivity index (χ0v) is 9.84. The van der Waals surface area contributed by atoms with Gasteiger partial charge in [0.25, 0.3) is 0 Å². The van der Waals surface area contributed by atoms with Gasteiger partial charge in [-0.2, -0.15) is 0 Å². The molecule has 0 aromatic heterocycles. The Morgan fingerprint density at radius 2 is 1.93 bits per heavy atom. The second-order valence-corrected chi connectivity index (χ2v) is 5.23. The molecule has 0 N–H and O–H groups in total. The zero-order chi connectivity index (χ0) is 11.1. The van der Waals surface area contributed by atoms with Gasteiger partial charge in [0.1, 0.15) is 0 Å². The van der Waals surface area contributed by atoms with Crippen LogP contribution in [0.1, 0.15) is 33.1 Å². The van der Waals surface area contributed by atoms with E-state index in [1.807, 2.05) is 0 Å². The van der Waals surface area contributed by atoms with Crippen molar-refractivity contribution in [1.29, 1.82) is 0 Å². The van der Waals surface area contributed by atoms with Gasteiger partial charge in [0.2, 0.25) is 0 Å². The zero-order valence-electron chi connectivity index (χ0n) is 9.84. The molecule has 0 aromatic carbocycles. The molecular weight excluding hydrogens is 192 g/mol. The predicted molar refractivity (Wildman–Crippen MR) is 56.4 cm³/mol. The van der Waals surface area contributed by atoms with Gasteiger partial charge in [0.15, 0.2) is 0 Å². The normalized spacial score (nSPS) is 26.7. The van der Waals surface area contributed by atoms with E-state index in [0.29, 0.717) is 5.92 Å². The number of methoxy groups -OCH3 is 1. The van der Waals surface area contributed by atoms with Crippen LogP contribution < -0.4 is 0 Å². The lowest BCUT2D eigenvalue weighted by Crippen LogP contribution is -2.64. The van der Waals surface area contributed by atoms with Crippen molar-refractivity contribution in [2.45, 2.75) is 33.1 Å². The molecule has 1 saturated carbocycles. The Bertz CT molecular complexity index is 262. The minimum absolute atomic E-state index is 0.0225. The van der Waals surface area contributed by atoms with Gasteiger partial charge in [-0.15, -0.1) is 0 Å². The molecule has 0 atom stereocenters. The molecule has 0 radical (unpaired) electrons. The van der Waals surface area contributed by atoms with Crippen LogP contribution in [0.2, 0.25) is 0 Å². The van der Waals surface area contributed by atoms with Crippen LogP contribution in [-0.4, -0.2) is 26.3 Å². The number of hydrogen-bond donors (Lipinski definition) is 0. The molecule has 3 heteroatoms. The average Bonchev–Trinajstić information content (AvgIpc) is 2.05. The van der Waals surface area contributed by atoms with Crippen LogP contribution in [0, 0.1) is 16.7 Å². The molecule has 0 spiro atoms.